The van der Waals surface area contributed by atoms with Crippen molar-refractivity contribution in [1.82, 2.24) is 4.57 Å². The van der Waals surface area contributed by atoms with Gasteiger partial charge in [-0.05, 0) is 37.5 Å². The molecule has 0 saturated carbocycles. The second kappa shape index (κ2) is 4.34. The van der Waals surface area contributed by atoms with Crippen molar-refractivity contribution >= 4 is 22.7 Å². The quantitative estimate of drug-likeness (QED) is 0.772. The van der Waals surface area contributed by atoms with Crippen LogP contribution in [0.25, 0.3) is 11.1 Å². The van der Waals surface area contributed by atoms with E-state index in [-0.39, 0.29) is 5.76 Å². The highest BCUT2D eigenvalue weighted by Gasteiger charge is 2.11. The Hall–Kier alpha value is -1.22. The third kappa shape index (κ3) is 1.87. The number of hydrogen-bond acceptors (Lipinski definition) is 2. The van der Waals surface area contributed by atoms with Crippen LogP contribution >= 0.6 is 11.6 Å². The Morgan fingerprint density at radius 3 is 2.81 bits per heavy atom. The molecule has 0 aliphatic rings. The molecule has 0 unspecified atom stereocenters. The van der Waals surface area contributed by atoms with Crippen molar-refractivity contribution in [3.63, 3.8) is 0 Å². The molecule has 2 rings (SSSR count). The lowest BCUT2D eigenvalue weighted by atomic mass is 10.1. The summed E-state index contributed by atoms with van der Waals surface area (Å²) in [5, 5.41) is 0. The van der Waals surface area contributed by atoms with Gasteiger partial charge >= 0.3 is 5.76 Å². The second-order valence-corrected chi connectivity index (χ2v) is 4.37. The van der Waals surface area contributed by atoms with Crippen molar-refractivity contribution in [3.8, 4) is 0 Å². The Kier molecular flexibility index (Phi) is 3.06. The highest BCUT2D eigenvalue weighted by Crippen LogP contribution is 2.19. The van der Waals surface area contributed by atoms with Gasteiger partial charge in [-0.15, -0.1) is 11.6 Å². The lowest BCUT2D eigenvalue weighted by molar-refractivity contribution is 0.502. The fourth-order valence-electron chi connectivity index (χ4n) is 1.94. The predicted octanol–water partition coefficient (Wildman–Crippen LogP) is 2.84. The average Bonchev–Trinajstić information content (AvgIpc) is 2.53. The van der Waals surface area contributed by atoms with E-state index < -0.39 is 0 Å². The number of alkyl halides is 1. The van der Waals surface area contributed by atoms with Crippen LogP contribution in [0.1, 0.15) is 17.5 Å². The molecule has 1 aromatic carbocycles. The second-order valence-electron chi connectivity index (χ2n) is 3.99. The van der Waals surface area contributed by atoms with Crippen LogP contribution in [0.4, 0.5) is 0 Å². The van der Waals surface area contributed by atoms with Gasteiger partial charge in [0.1, 0.15) is 0 Å². The van der Waals surface area contributed by atoms with Crippen LogP contribution in [-0.2, 0) is 6.54 Å². The molecular weight excluding hydrogens is 226 g/mol. The van der Waals surface area contributed by atoms with Crippen molar-refractivity contribution in [1.29, 1.82) is 0 Å². The molecule has 4 heteroatoms. The summed E-state index contributed by atoms with van der Waals surface area (Å²) in [7, 11) is 0. The summed E-state index contributed by atoms with van der Waals surface area (Å²) in [6, 6.07) is 3.98. The fraction of sp³-hybridized carbons (Fsp3) is 0.417. The summed E-state index contributed by atoms with van der Waals surface area (Å²) in [6.45, 7) is 4.57. The molecule has 16 heavy (non-hydrogen) atoms. The number of rotatable bonds is 3. The van der Waals surface area contributed by atoms with E-state index in [0.717, 1.165) is 23.1 Å². The molecule has 0 radical (unpaired) electrons. The summed E-state index contributed by atoms with van der Waals surface area (Å²) >= 11 is 5.64. The molecule has 0 saturated heterocycles. The largest absolute Gasteiger partial charge is 0.419 e. The Morgan fingerprint density at radius 2 is 2.12 bits per heavy atom. The van der Waals surface area contributed by atoms with E-state index in [0.29, 0.717) is 18.0 Å². The van der Waals surface area contributed by atoms with E-state index in [9.17, 15) is 4.79 Å². The van der Waals surface area contributed by atoms with E-state index >= 15 is 0 Å². The molecule has 0 atom stereocenters. The highest BCUT2D eigenvalue weighted by atomic mass is 35.5. The molecule has 0 aliphatic carbocycles. The topological polar surface area (TPSA) is 35.1 Å². The minimum Gasteiger partial charge on any atom is -0.407 e. The third-order valence-corrected chi connectivity index (χ3v) is 2.88. The van der Waals surface area contributed by atoms with Crippen molar-refractivity contribution in [2.75, 3.05) is 5.88 Å². The molecule has 2 aromatic rings. The van der Waals surface area contributed by atoms with E-state index in [4.69, 9.17) is 16.0 Å². The maximum atomic E-state index is 11.7. The number of hydrogen-bond donors (Lipinski definition) is 0. The van der Waals surface area contributed by atoms with Gasteiger partial charge in [-0.2, -0.15) is 0 Å². The molecule has 0 fully saturated rings. The lowest BCUT2D eigenvalue weighted by Gasteiger charge is -2.01. The van der Waals surface area contributed by atoms with Crippen molar-refractivity contribution in [2.45, 2.75) is 26.8 Å². The molecule has 0 N–H and O–H groups in total. The summed E-state index contributed by atoms with van der Waals surface area (Å²) in [4.78, 5) is 11.7. The van der Waals surface area contributed by atoms with Crippen molar-refractivity contribution < 1.29 is 4.42 Å². The van der Waals surface area contributed by atoms with E-state index in [1.165, 1.54) is 0 Å². The Morgan fingerprint density at radius 1 is 1.38 bits per heavy atom. The number of nitrogens with zero attached hydrogens (tertiary/aromatic N) is 1. The molecular formula is C12H14ClNO2. The van der Waals surface area contributed by atoms with Gasteiger partial charge in [0.25, 0.3) is 0 Å². The van der Waals surface area contributed by atoms with E-state index in [1.54, 1.807) is 4.57 Å². The van der Waals surface area contributed by atoms with Gasteiger partial charge in [0.05, 0.1) is 5.52 Å². The Labute approximate surface area is 98.6 Å². The first kappa shape index (κ1) is 11.3. The van der Waals surface area contributed by atoms with Gasteiger partial charge in [0.15, 0.2) is 5.58 Å². The highest BCUT2D eigenvalue weighted by molar-refractivity contribution is 6.17. The Balaban J connectivity index is 2.64. The maximum absolute atomic E-state index is 11.7. The van der Waals surface area contributed by atoms with Gasteiger partial charge in [-0.1, -0.05) is 6.07 Å². The first-order chi connectivity index (χ1) is 7.63. The van der Waals surface area contributed by atoms with E-state index in [2.05, 4.69) is 0 Å². The molecule has 0 amide bonds. The zero-order valence-corrected chi connectivity index (χ0v) is 10.2. The zero-order chi connectivity index (χ0) is 11.7. The van der Waals surface area contributed by atoms with Crippen LogP contribution in [-0.4, -0.2) is 10.4 Å². The molecule has 1 aromatic heterocycles. The number of oxazole rings is 1. The SMILES string of the molecule is Cc1cc(C)c2oc(=O)n(CCCCl)c2c1. The van der Waals surface area contributed by atoms with Crippen molar-refractivity contribution in [2.24, 2.45) is 0 Å². The summed E-state index contributed by atoms with van der Waals surface area (Å²) in [6.07, 6.45) is 0.767. The standard InChI is InChI=1S/C12H14ClNO2/c1-8-6-9(2)11-10(7-8)14(5-3-4-13)12(15)16-11/h6-7H,3-5H2,1-2H3. The number of benzene rings is 1. The van der Waals surface area contributed by atoms with Gasteiger partial charge in [0, 0.05) is 12.4 Å². The molecule has 3 nitrogen and oxygen atoms in total. The van der Waals surface area contributed by atoms with Gasteiger partial charge in [0.2, 0.25) is 0 Å². The molecule has 0 spiro atoms. The smallest absolute Gasteiger partial charge is 0.407 e. The number of halogens is 1. The summed E-state index contributed by atoms with van der Waals surface area (Å²) in [5.41, 5.74) is 3.68. The first-order valence-corrected chi connectivity index (χ1v) is 5.83. The summed E-state index contributed by atoms with van der Waals surface area (Å²) in [5.74, 6) is 0.248. The lowest BCUT2D eigenvalue weighted by Crippen LogP contribution is -2.14. The molecule has 0 aliphatic heterocycles. The molecule has 86 valence electrons. The zero-order valence-electron chi connectivity index (χ0n) is 9.42. The van der Waals surface area contributed by atoms with Crippen molar-refractivity contribution in [3.05, 3.63) is 33.8 Å². The minimum absolute atomic E-state index is 0.297. The van der Waals surface area contributed by atoms with Gasteiger partial charge < -0.3 is 4.42 Å². The Bertz CT molecular complexity index is 568. The average molecular weight is 240 g/mol. The predicted molar refractivity (Wildman–Crippen MR) is 65.3 cm³/mol. The van der Waals surface area contributed by atoms with Gasteiger partial charge in [-0.25, -0.2) is 4.79 Å². The number of aromatic nitrogens is 1. The maximum Gasteiger partial charge on any atom is 0.419 e. The van der Waals surface area contributed by atoms with Crippen LogP contribution in [0.15, 0.2) is 21.3 Å². The van der Waals surface area contributed by atoms with Crippen LogP contribution < -0.4 is 5.76 Å². The van der Waals surface area contributed by atoms with Crippen LogP contribution in [0.5, 0.6) is 0 Å². The monoisotopic (exact) mass is 239 g/mol. The third-order valence-electron chi connectivity index (χ3n) is 2.62. The number of fused-ring (bicyclic) bond motifs is 1. The first-order valence-electron chi connectivity index (χ1n) is 5.30. The number of aryl methyl sites for hydroxylation is 3. The van der Waals surface area contributed by atoms with E-state index in [1.807, 2.05) is 26.0 Å². The molecule has 1 heterocycles. The summed E-state index contributed by atoms with van der Waals surface area (Å²) < 4.78 is 6.90. The molecule has 0 bridgehead atoms. The van der Waals surface area contributed by atoms with Crippen LogP contribution in [0.3, 0.4) is 0 Å². The van der Waals surface area contributed by atoms with Crippen LogP contribution in [0.2, 0.25) is 0 Å². The van der Waals surface area contributed by atoms with Crippen LogP contribution in [0, 0.1) is 13.8 Å². The van der Waals surface area contributed by atoms with Gasteiger partial charge in [-0.3, -0.25) is 4.57 Å². The fourth-order valence-corrected chi connectivity index (χ4v) is 2.06. The normalized spacial score (nSPS) is 11.2. The minimum atomic E-state index is -0.297.